The molecule has 0 bridgehead atoms. The maximum absolute atomic E-state index is 12.0. The minimum atomic E-state index is -0.749. The third kappa shape index (κ3) is 8.07. The third-order valence-corrected chi connectivity index (χ3v) is 5.52. The smallest absolute Gasteiger partial charge is 0.335 e. The highest BCUT2D eigenvalue weighted by atomic mass is 16.4. The van der Waals surface area contributed by atoms with Crippen LogP contribution in [0.3, 0.4) is 0 Å². The molecule has 2 rings (SSSR count). The van der Waals surface area contributed by atoms with Gasteiger partial charge in [-0.3, -0.25) is 0 Å². The van der Waals surface area contributed by atoms with Crippen molar-refractivity contribution in [1.29, 1.82) is 0 Å². The van der Waals surface area contributed by atoms with Gasteiger partial charge in [0.05, 0.1) is 5.57 Å². The fourth-order valence-corrected chi connectivity index (χ4v) is 3.97. The van der Waals surface area contributed by atoms with E-state index in [4.69, 9.17) is 0 Å². The minimum absolute atomic E-state index is 0.559. The van der Waals surface area contributed by atoms with Gasteiger partial charge >= 0.3 is 5.97 Å². The van der Waals surface area contributed by atoms with Crippen LogP contribution in [0.4, 0.5) is 0 Å². The van der Waals surface area contributed by atoms with E-state index in [2.05, 4.69) is 12.2 Å². The van der Waals surface area contributed by atoms with Crippen LogP contribution in [-0.4, -0.2) is 11.1 Å². The standard InChI is InChI=1S/C23H36O2/c24-23(25)22(21-17-13-9-5-2-6-10-14-18-21)19-20-15-11-7-3-1-4-8-12-16-20/h15,17,19H,1-14,16,18H2,(H,24,25)/b20-15+,21-17+,22-19-. The molecule has 2 aliphatic carbocycles. The van der Waals surface area contributed by atoms with E-state index in [-0.39, 0.29) is 0 Å². The molecule has 0 fully saturated rings. The Morgan fingerprint density at radius 2 is 1.24 bits per heavy atom. The average Bonchev–Trinajstić information content (AvgIpc) is 2.62. The van der Waals surface area contributed by atoms with E-state index in [1.165, 1.54) is 76.2 Å². The summed E-state index contributed by atoms with van der Waals surface area (Å²) >= 11 is 0. The zero-order chi connectivity index (χ0) is 17.7. The van der Waals surface area contributed by atoms with Gasteiger partial charge < -0.3 is 5.11 Å². The first-order valence-corrected chi connectivity index (χ1v) is 10.6. The molecule has 0 aliphatic heterocycles. The Morgan fingerprint density at radius 3 is 1.88 bits per heavy atom. The molecule has 0 atom stereocenters. The van der Waals surface area contributed by atoms with Crippen molar-refractivity contribution in [1.82, 2.24) is 0 Å². The second-order valence-corrected chi connectivity index (χ2v) is 7.69. The lowest BCUT2D eigenvalue weighted by Crippen LogP contribution is -2.06. The van der Waals surface area contributed by atoms with E-state index in [0.29, 0.717) is 5.57 Å². The van der Waals surface area contributed by atoms with Crippen molar-refractivity contribution < 1.29 is 9.90 Å². The molecule has 140 valence electrons. The van der Waals surface area contributed by atoms with Crippen LogP contribution in [0, 0.1) is 0 Å². The number of carboxylic acids is 1. The minimum Gasteiger partial charge on any atom is -0.478 e. The molecular weight excluding hydrogens is 308 g/mol. The molecule has 2 heteroatoms. The summed E-state index contributed by atoms with van der Waals surface area (Å²) in [6.45, 7) is 0. The van der Waals surface area contributed by atoms with Gasteiger partial charge in [-0.05, 0) is 63.0 Å². The second-order valence-electron chi connectivity index (χ2n) is 7.69. The fourth-order valence-electron chi connectivity index (χ4n) is 3.97. The van der Waals surface area contributed by atoms with Crippen molar-refractivity contribution in [2.45, 2.75) is 103 Å². The number of carboxylic acid groups (broad SMARTS) is 1. The number of hydrogen-bond acceptors (Lipinski definition) is 1. The van der Waals surface area contributed by atoms with Gasteiger partial charge in [0.1, 0.15) is 0 Å². The molecule has 0 unspecified atom stereocenters. The molecule has 0 saturated carbocycles. The van der Waals surface area contributed by atoms with Crippen LogP contribution in [0.2, 0.25) is 0 Å². The molecular formula is C23H36O2. The molecule has 25 heavy (non-hydrogen) atoms. The fraction of sp³-hybridized carbons (Fsp3) is 0.696. The molecule has 0 radical (unpaired) electrons. The molecule has 2 nitrogen and oxygen atoms in total. The zero-order valence-corrected chi connectivity index (χ0v) is 15.9. The van der Waals surface area contributed by atoms with Gasteiger partial charge in [-0.15, -0.1) is 0 Å². The second kappa shape index (κ2) is 12.1. The average molecular weight is 345 g/mol. The van der Waals surface area contributed by atoms with Crippen LogP contribution < -0.4 is 0 Å². The number of carbonyl (C=O) groups is 1. The molecule has 0 amide bonds. The summed E-state index contributed by atoms with van der Waals surface area (Å²) in [6.07, 6.45) is 25.7. The molecule has 1 N–H and O–H groups in total. The predicted molar refractivity (Wildman–Crippen MR) is 106 cm³/mol. The molecule has 0 aromatic carbocycles. The normalized spacial score (nSPS) is 26.6. The van der Waals surface area contributed by atoms with Crippen molar-refractivity contribution in [3.63, 3.8) is 0 Å². The van der Waals surface area contributed by atoms with E-state index in [0.717, 1.165) is 37.7 Å². The summed E-state index contributed by atoms with van der Waals surface area (Å²) in [6, 6.07) is 0. The summed E-state index contributed by atoms with van der Waals surface area (Å²) < 4.78 is 0. The largest absolute Gasteiger partial charge is 0.478 e. The Labute approximate surface area is 154 Å². The molecule has 2 aliphatic rings. The highest BCUT2D eigenvalue weighted by Gasteiger charge is 2.14. The van der Waals surface area contributed by atoms with Crippen molar-refractivity contribution >= 4 is 5.97 Å². The van der Waals surface area contributed by atoms with Gasteiger partial charge in [0.2, 0.25) is 0 Å². The highest BCUT2D eigenvalue weighted by molar-refractivity contribution is 5.92. The maximum Gasteiger partial charge on any atom is 0.335 e. The summed E-state index contributed by atoms with van der Waals surface area (Å²) in [5, 5.41) is 9.83. The lowest BCUT2D eigenvalue weighted by atomic mass is 9.92. The van der Waals surface area contributed by atoms with Crippen molar-refractivity contribution in [2.75, 3.05) is 0 Å². The van der Waals surface area contributed by atoms with Gasteiger partial charge in [0, 0.05) is 0 Å². The Hall–Kier alpha value is -1.31. The van der Waals surface area contributed by atoms with Crippen LogP contribution in [0.5, 0.6) is 0 Å². The van der Waals surface area contributed by atoms with E-state index < -0.39 is 5.97 Å². The quantitative estimate of drug-likeness (QED) is 0.553. The topological polar surface area (TPSA) is 37.3 Å². The molecule has 0 heterocycles. The Kier molecular flexibility index (Phi) is 9.69. The van der Waals surface area contributed by atoms with Gasteiger partial charge in [-0.1, -0.05) is 69.1 Å². The van der Waals surface area contributed by atoms with Crippen molar-refractivity contribution in [3.05, 3.63) is 34.9 Å². The first-order valence-electron chi connectivity index (χ1n) is 10.6. The number of allylic oxidation sites excluding steroid dienone is 4. The Balaban J connectivity index is 2.17. The van der Waals surface area contributed by atoms with Gasteiger partial charge in [0.25, 0.3) is 0 Å². The monoisotopic (exact) mass is 344 g/mol. The summed E-state index contributed by atoms with van der Waals surface area (Å²) in [4.78, 5) is 12.0. The van der Waals surface area contributed by atoms with Crippen LogP contribution in [-0.2, 0) is 4.79 Å². The maximum atomic E-state index is 12.0. The summed E-state index contributed by atoms with van der Waals surface area (Å²) in [5.41, 5.74) is 2.88. The van der Waals surface area contributed by atoms with Gasteiger partial charge in [0.15, 0.2) is 0 Å². The van der Waals surface area contributed by atoms with Crippen molar-refractivity contribution in [2.24, 2.45) is 0 Å². The summed E-state index contributed by atoms with van der Waals surface area (Å²) in [7, 11) is 0. The van der Waals surface area contributed by atoms with Crippen LogP contribution >= 0.6 is 0 Å². The van der Waals surface area contributed by atoms with E-state index >= 15 is 0 Å². The number of rotatable bonds is 3. The van der Waals surface area contributed by atoms with E-state index in [9.17, 15) is 9.90 Å². The van der Waals surface area contributed by atoms with Crippen LogP contribution in [0.25, 0.3) is 0 Å². The third-order valence-electron chi connectivity index (χ3n) is 5.52. The summed E-state index contributed by atoms with van der Waals surface area (Å²) in [5.74, 6) is -0.749. The van der Waals surface area contributed by atoms with Crippen molar-refractivity contribution in [3.8, 4) is 0 Å². The number of hydrogen-bond donors (Lipinski definition) is 1. The lowest BCUT2D eigenvalue weighted by Gasteiger charge is -2.13. The van der Waals surface area contributed by atoms with Crippen LogP contribution in [0.1, 0.15) is 103 Å². The van der Waals surface area contributed by atoms with E-state index in [1.54, 1.807) is 0 Å². The Morgan fingerprint density at radius 1 is 0.720 bits per heavy atom. The molecule has 0 aromatic rings. The highest BCUT2D eigenvalue weighted by Crippen LogP contribution is 2.26. The van der Waals surface area contributed by atoms with E-state index in [1.807, 2.05) is 6.08 Å². The van der Waals surface area contributed by atoms with Crippen LogP contribution in [0.15, 0.2) is 34.9 Å². The van der Waals surface area contributed by atoms with Gasteiger partial charge in [-0.25, -0.2) is 4.79 Å². The zero-order valence-electron chi connectivity index (χ0n) is 15.9. The lowest BCUT2D eigenvalue weighted by molar-refractivity contribution is -0.132. The predicted octanol–water partition coefficient (Wildman–Crippen LogP) is 7.12. The first-order chi connectivity index (χ1) is 12.3. The molecule has 0 saturated heterocycles. The number of aliphatic carboxylic acids is 1. The molecule has 0 aromatic heterocycles. The first kappa shape index (κ1) is 20.0. The Bertz CT molecular complexity index is 496. The SMILES string of the molecule is O=C(O)C(=C\C1=C\CCCCCCCC1)/C1=C/CCCCCCCC1. The molecule has 0 spiro atoms. The van der Waals surface area contributed by atoms with Gasteiger partial charge in [-0.2, -0.15) is 0 Å².